The van der Waals surface area contributed by atoms with Crippen LogP contribution in [0.2, 0.25) is 0 Å². The van der Waals surface area contributed by atoms with E-state index in [1.807, 2.05) is 0 Å². The van der Waals surface area contributed by atoms with Crippen LogP contribution in [-0.2, 0) is 0 Å². The van der Waals surface area contributed by atoms with Gasteiger partial charge in [-0.3, -0.25) is 0 Å². The Morgan fingerprint density at radius 1 is 0.327 bits per heavy atom. The molecule has 10 rings (SSSR count). The van der Waals surface area contributed by atoms with Crippen molar-refractivity contribution in [3.05, 3.63) is 224 Å². The van der Waals surface area contributed by atoms with E-state index < -0.39 is 8.07 Å². The van der Waals surface area contributed by atoms with E-state index in [-0.39, 0.29) is 0 Å². The van der Waals surface area contributed by atoms with Gasteiger partial charge in [-0.05, 0) is 56.0 Å². The topological polar surface area (TPSA) is 16.4 Å². The fourth-order valence-electron chi connectivity index (χ4n) is 8.56. The SMILES string of the molecule is c1ccc(-c2cccc3c2oc2c(N(c4ccc([Si](c5ccccc5)(c5ccccc5)c5ccccc5)cc4)c4cccc5ccccc45)cccc23)cc1. The van der Waals surface area contributed by atoms with Gasteiger partial charge in [-0.15, -0.1) is 0 Å². The maximum absolute atomic E-state index is 7.02. The first kappa shape index (κ1) is 32.7. The Hall–Kier alpha value is -6.94. The zero-order valence-electron chi connectivity index (χ0n) is 30.2. The van der Waals surface area contributed by atoms with Crippen LogP contribution in [0.15, 0.2) is 229 Å². The minimum absolute atomic E-state index is 0.861. The zero-order valence-corrected chi connectivity index (χ0v) is 31.2. The van der Waals surface area contributed by atoms with Gasteiger partial charge in [-0.25, -0.2) is 0 Å². The van der Waals surface area contributed by atoms with Crippen molar-refractivity contribution >= 4 is 78.6 Å². The standard InChI is InChI=1S/C52H37NOSi/c1-5-18-39(19-6-1)46-29-16-30-47-48-31-17-33-50(52(48)54-51(46)47)53(49-32-15-21-38-20-13-14-28-45(38)49)40-34-36-44(37-35-40)55(41-22-7-2-8-23-41,42-24-9-3-10-25-42)43-26-11-4-12-27-43/h1-37H. The Morgan fingerprint density at radius 2 is 0.782 bits per heavy atom. The van der Waals surface area contributed by atoms with Crippen molar-refractivity contribution < 1.29 is 4.42 Å². The number of benzene rings is 9. The first-order valence-electron chi connectivity index (χ1n) is 18.9. The summed E-state index contributed by atoms with van der Waals surface area (Å²) in [6.07, 6.45) is 0. The lowest BCUT2D eigenvalue weighted by atomic mass is 10.0. The van der Waals surface area contributed by atoms with Crippen molar-refractivity contribution in [2.75, 3.05) is 4.90 Å². The monoisotopic (exact) mass is 719 g/mol. The molecule has 1 aromatic heterocycles. The van der Waals surface area contributed by atoms with Gasteiger partial charge in [0.1, 0.15) is 5.58 Å². The lowest BCUT2D eigenvalue weighted by molar-refractivity contribution is 0.670. The van der Waals surface area contributed by atoms with E-state index >= 15 is 0 Å². The molecule has 0 aliphatic carbocycles. The van der Waals surface area contributed by atoms with E-state index in [9.17, 15) is 0 Å². The number of nitrogens with zero attached hydrogens (tertiary/aromatic N) is 1. The van der Waals surface area contributed by atoms with Crippen molar-refractivity contribution in [3.63, 3.8) is 0 Å². The van der Waals surface area contributed by atoms with Gasteiger partial charge >= 0.3 is 0 Å². The highest BCUT2D eigenvalue weighted by Gasteiger charge is 2.41. The molecule has 0 spiro atoms. The van der Waals surface area contributed by atoms with Crippen LogP contribution in [-0.4, -0.2) is 8.07 Å². The molecule has 2 nitrogen and oxygen atoms in total. The number of para-hydroxylation sites is 2. The maximum atomic E-state index is 7.02. The molecule has 0 aliphatic heterocycles. The predicted molar refractivity (Wildman–Crippen MR) is 235 cm³/mol. The number of fused-ring (bicyclic) bond motifs is 4. The first-order chi connectivity index (χ1) is 27.3. The Kier molecular flexibility index (Phi) is 8.20. The lowest BCUT2D eigenvalue weighted by Gasteiger charge is -2.35. The van der Waals surface area contributed by atoms with Crippen molar-refractivity contribution in [1.29, 1.82) is 0 Å². The average Bonchev–Trinajstić information content (AvgIpc) is 3.66. The number of rotatable bonds is 8. The van der Waals surface area contributed by atoms with Crippen LogP contribution in [0, 0.1) is 0 Å². The zero-order chi connectivity index (χ0) is 36.6. The fourth-order valence-corrected chi connectivity index (χ4v) is 13.3. The van der Waals surface area contributed by atoms with E-state index in [0.717, 1.165) is 50.1 Å². The third-order valence-electron chi connectivity index (χ3n) is 11.0. The Bertz CT molecular complexity index is 2800. The summed E-state index contributed by atoms with van der Waals surface area (Å²) in [5.74, 6) is 0. The maximum Gasteiger partial charge on any atom is 0.179 e. The summed E-state index contributed by atoms with van der Waals surface area (Å²) in [6, 6.07) is 81.4. The second kappa shape index (κ2) is 13.8. The van der Waals surface area contributed by atoms with Crippen molar-refractivity contribution in [2.45, 2.75) is 0 Å². The van der Waals surface area contributed by atoms with Crippen molar-refractivity contribution in [1.82, 2.24) is 0 Å². The molecule has 260 valence electrons. The predicted octanol–water partition coefficient (Wildman–Crippen LogP) is 11.3. The van der Waals surface area contributed by atoms with E-state index in [4.69, 9.17) is 4.42 Å². The van der Waals surface area contributed by atoms with Gasteiger partial charge in [-0.2, -0.15) is 0 Å². The van der Waals surface area contributed by atoms with Crippen LogP contribution >= 0.6 is 0 Å². The van der Waals surface area contributed by atoms with Crippen LogP contribution in [0.25, 0.3) is 43.8 Å². The molecule has 0 bridgehead atoms. The average molecular weight is 720 g/mol. The van der Waals surface area contributed by atoms with Gasteiger partial charge in [-0.1, -0.05) is 200 Å². The molecule has 0 unspecified atom stereocenters. The smallest absolute Gasteiger partial charge is 0.179 e. The normalized spacial score (nSPS) is 11.6. The molecule has 0 fully saturated rings. The number of hydrogen-bond acceptors (Lipinski definition) is 2. The highest BCUT2D eigenvalue weighted by molar-refractivity contribution is 7.19. The molecule has 1 heterocycles. The molecule has 55 heavy (non-hydrogen) atoms. The van der Waals surface area contributed by atoms with Gasteiger partial charge in [0.15, 0.2) is 13.7 Å². The highest BCUT2D eigenvalue weighted by Crippen LogP contribution is 2.45. The van der Waals surface area contributed by atoms with Gasteiger partial charge in [0.05, 0.1) is 11.4 Å². The third-order valence-corrected chi connectivity index (χ3v) is 15.8. The summed E-state index contributed by atoms with van der Waals surface area (Å²) < 4.78 is 7.02. The summed E-state index contributed by atoms with van der Waals surface area (Å²) in [7, 11) is -2.70. The second-order valence-corrected chi connectivity index (χ2v) is 17.8. The minimum Gasteiger partial charge on any atom is -0.453 e. The summed E-state index contributed by atoms with van der Waals surface area (Å²) in [5, 5.41) is 9.95. The quantitative estimate of drug-likeness (QED) is 0.115. The second-order valence-electron chi connectivity index (χ2n) is 14.0. The molecule has 0 N–H and O–H groups in total. The molecular formula is C52H37NOSi. The Labute approximate surface area is 322 Å². The lowest BCUT2D eigenvalue weighted by Crippen LogP contribution is -2.74. The molecule has 0 atom stereocenters. The summed E-state index contributed by atoms with van der Waals surface area (Å²) in [5.41, 5.74) is 7.14. The van der Waals surface area contributed by atoms with Gasteiger partial charge in [0.2, 0.25) is 0 Å². The fraction of sp³-hybridized carbons (Fsp3) is 0. The molecule has 0 amide bonds. The minimum atomic E-state index is -2.70. The Balaban J connectivity index is 1.22. The van der Waals surface area contributed by atoms with E-state index in [2.05, 4.69) is 229 Å². The summed E-state index contributed by atoms with van der Waals surface area (Å²) in [6.45, 7) is 0. The van der Waals surface area contributed by atoms with Crippen LogP contribution in [0.1, 0.15) is 0 Å². The number of anilines is 3. The number of hydrogen-bond donors (Lipinski definition) is 0. The molecule has 10 aromatic rings. The third kappa shape index (κ3) is 5.48. The van der Waals surface area contributed by atoms with Crippen molar-refractivity contribution in [3.8, 4) is 11.1 Å². The molecule has 0 saturated carbocycles. The van der Waals surface area contributed by atoms with Crippen LogP contribution in [0.5, 0.6) is 0 Å². The van der Waals surface area contributed by atoms with Crippen LogP contribution < -0.4 is 25.6 Å². The first-order valence-corrected chi connectivity index (χ1v) is 20.9. The van der Waals surface area contributed by atoms with E-state index in [1.54, 1.807) is 0 Å². The van der Waals surface area contributed by atoms with Gasteiger partial charge in [0.25, 0.3) is 0 Å². The number of furan rings is 1. The Morgan fingerprint density at radius 3 is 1.42 bits per heavy atom. The summed E-state index contributed by atoms with van der Waals surface area (Å²) in [4.78, 5) is 2.38. The molecule has 9 aromatic carbocycles. The molecule has 0 saturated heterocycles. The van der Waals surface area contributed by atoms with Gasteiger partial charge < -0.3 is 9.32 Å². The highest BCUT2D eigenvalue weighted by atomic mass is 28.3. The van der Waals surface area contributed by atoms with Crippen LogP contribution in [0.4, 0.5) is 17.1 Å². The van der Waals surface area contributed by atoms with E-state index in [1.165, 1.54) is 31.5 Å². The van der Waals surface area contributed by atoms with E-state index in [0.29, 0.717) is 0 Å². The summed E-state index contributed by atoms with van der Waals surface area (Å²) >= 11 is 0. The van der Waals surface area contributed by atoms with Crippen LogP contribution in [0.3, 0.4) is 0 Å². The van der Waals surface area contributed by atoms with Gasteiger partial charge in [0, 0.05) is 27.4 Å². The molecule has 0 radical (unpaired) electrons. The molecule has 0 aliphatic rings. The van der Waals surface area contributed by atoms with Crippen molar-refractivity contribution in [2.24, 2.45) is 0 Å². The molecular weight excluding hydrogens is 683 g/mol. The largest absolute Gasteiger partial charge is 0.453 e. The molecule has 3 heteroatoms.